The van der Waals surface area contributed by atoms with Crippen LogP contribution in [-0.2, 0) is 0 Å². The zero-order chi connectivity index (χ0) is 22.3. The van der Waals surface area contributed by atoms with Crippen LogP contribution in [0.3, 0.4) is 0 Å². The van der Waals surface area contributed by atoms with Gasteiger partial charge in [-0.15, -0.1) is 0 Å². The first-order valence-corrected chi connectivity index (χ1v) is 10.7. The number of anilines is 1. The molecule has 0 aliphatic carbocycles. The molecule has 6 heteroatoms. The number of benzene rings is 3. The first-order valence-electron chi connectivity index (χ1n) is 10.7. The summed E-state index contributed by atoms with van der Waals surface area (Å²) in [4.78, 5) is 6.95. The Morgan fingerprint density at radius 3 is 1.91 bits per heavy atom. The van der Waals surface area contributed by atoms with Crippen molar-refractivity contribution in [2.24, 2.45) is 4.99 Å². The van der Waals surface area contributed by atoms with Crippen molar-refractivity contribution in [3.8, 4) is 28.7 Å². The molecule has 0 aromatic heterocycles. The first kappa shape index (κ1) is 21.6. The molecule has 4 rings (SSSR count). The van der Waals surface area contributed by atoms with Crippen LogP contribution in [0.2, 0.25) is 0 Å². The summed E-state index contributed by atoms with van der Waals surface area (Å²) in [5.41, 5.74) is 2.75. The van der Waals surface area contributed by atoms with Gasteiger partial charge in [0.2, 0.25) is 0 Å². The Kier molecular flexibility index (Phi) is 6.80. The van der Waals surface area contributed by atoms with Crippen LogP contribution in [0, 0.1) is 0 Å². The summed E-state index contributed by atoms with van der Waals surface area (Å²) >= 11 is 0. The van der Waals surface area contributed by atoms with Gasteiger partial charge < -0.3 is 23.8 Å². The van der Waals surface area contributed by atoms with Gasteiger partial charge in [0, 0.05) is 30.9 Å². The smallest absolute Gasteiger partial charge is 0.143 e. The third-order valence-electron chi connectivity index (χ3n) is 5.46. The van der Waals surface area contributed by atoms with Crippen LogP contribution in [-0.4, -0.2) is 40.6 Å². The topological polar surface area (TPSA) is 52.5 Å². The maximum absolute atomic E-state index is 5.88. The highest BCUT2D eigenvalue weighted by molar-refractivity contribution is 5.88. The number of aliphatic imine (C=N–C) groups is 1. The lowest BCUT2D eigenvalue weighted by molar-refractivity contribution is 0.402. The number of nitrogens with zero attached hydrogens (tertiary/aromatic N) is 2. The van der Waals surface area contributed by atoms with Crippen LogP contribution in [0.1, 0.15) is 18.4 Å². The molecule has 3 aromatic carbocycles. The van der Waals surface area contributed by atoms with Crippen LogP contribution in [0.25, 0.3) is 0 Å². The average Bonchev–Trinajstić information content (AvgIpc) is 3.38. The van der Waals surface area contributed by atoms with Crippen molar-refractivity contribution >= 4 is 17.6 Å². The van der Waals surface area contributed by atoms with E-state index in [0.29, 0.717) is 0 Å². The van der Waals surface area contributed by atoms with Crippen molar-refractivity contribution in [3.05, 3.63) is 66.2 Å². The number of hydrogen-bond acceptors (Lipinski definition) is 6. The molecule has 1 fully saturated rings. The molecule has 0 N–H and O–H groups in total. The molecule has 3 aromatic rings. The van der Waals surface area contributed by atoms with E-state index < -0.39 is 0 Å². The van der Waals surface area contributed by atoms with Gasteiger partial charge in [0.05, 0.1) is 32.7 Å². The van der Waals surface area contributed by atoms with Crippen LogP contribution in [0.15, 0.2) is 65.7 Å². The summed E-state index contributed by atoms with van der Waals surface area (Å²) in [6, 6.07) is 19.1. The molecule has 0 amide bonds. The summed E-state index contributed by atoms with van der Waals surface area (Å²) in [6.45, 7) is 2.08. The molecule has 0 spiro atoms. The van der Waals surface area contributed by atoms with Crippen LogP contribution < -0.4 is 23.8 Å². The molecule has 1 aliphatic rings. The van der Waals surface area contributed by atoms with Gasteiger partial charge in [-0.2, -0.15) is 0 Å². The van der Waals surface area contributed by atoms with Crippen LogP contribution in [0.4, 0.5) is 11.4 Å². The molecule has 32 heavy (non-hydrogen) atoms. The minimum absolute atomic E-state index is 0.739. The molecule has 1 aliphatic heterocycles. The van der Waals surface area contributed by atoms with Crippen molar-refractivity contribution < 1.29 is 18.9 Å². The molecule has 0 saturated carbocycles. The number of rotatable bonds is 8. The Morgan fingerprint density at radius 1 is 0.719 bits per heavy atom. The Bertz CT molecular complexity index is 1060. The number of hydrogen-bond donors (Lipinski definition) is 0. The van der Waals surface area contributed by atoms with Gasteiger partial charge in [0.25, 0.3) is 0 Å². The highest BCUT2D eigenvalue weighted by Crippen LogP contribution is 2.36. The molecular formula is C26H28N2O4. The summed E-state index contributed by atoms with van der Waals surface area (Å²) < 4.78 is 22.3. The minimum atomic E-state index is 0.739. The molecule has 0 bridgehead atoms. The third-order valence-corrected chi connectivity index (χ3v) is 5.46. The van der Waals surface area contributed by atoms with Gasteiger partial charge in [-0.05, 0) is 67.4 Å². The second-order valence-corrected chi connectivity index (χ2v) is 7.49. The van der Waals surface area contributed by atoms with Crippen molar-refractivity contribution in [3.63, 3.8) is 0 Å². The van der Waals surface area contributed by atoms with Crippen molar-refractivity contribution in [1.29, 1.82) is 0 Å². The van der Waals surface area contributed by atoms with Gasteiger partial charge in [-0.3, -0.25) is 4.99 Å². The molecule has 6 nitrogen and oxygen atoms in total. The highest BCUT2D eigenvalue weighted by Gasteiger charge is 2.19. The lowest BCUT2D eigenvalue weighted by atomic mass is 10.1. The fraction of sp³-hybridized carbons (Fsp3) is 0.269. The second kappa shape index (κ2) is 10.1. The Labute approximate surface area is 189 Å². The van der Waals surface area contributed by atoms with Crippen molar-refractivity contribution in [1.82, 2.24) is 0 Å². The van der Waals surface area contributed by atoms with Crippen LogP contribution in [0.5, 0.6) is 28.7 Å². The van der Waals surface area contributed by atoms with E-state index in [1.807, 2.05) is 60.7 Å². The predicted molar refractivity (Wildman–Crippen MR) is 128 cm³/mol. The number of ether oxygens (including phenoxy) is 4. The van der Waals surface area contributed by atoms with Gasteiger partial charge in [0.15, 0.2) is 0 Å². The number of methoxy groups -OCH3 is 3. The normalized spacial score (nSPS) is 13.4. The Balaban J connectivity index is 1.49. The molecule has 0 atom stereocenters. The summed E-state index contributed by atoms with van der Waals surface area (Å²) in [7, 11) is 5.02. The maximum Gasteiger partial charge on any atom is 0.143 e. The standard InChI is InChI=1S/C26H28N2O4/c1-29-21-10-12-23(13-11-21)32-22-8-6-20(7-9-22)27-18-19-16-26(31-3)24(17-25(19)30-2)28-14-4-5-15-28/h6-13,16-18H,4-5,14-15H2,1-3H3. The van der Waals surface area contributed by atoms with E-state index in [9.17, 15) is 0 Å². The minimum Gasteiger partial charge on any atom is -0.497 e. The highest BCUT2D eigenvalue weighted by atomic mass is 16.5. The third kappa shape index (κ3) is 4.97. The Hall–Kier alpha value is -3.67. The van der Waals surface area contributed by atoms with Gasteiger partial charge >= 0.3 is 0 Å². The molecule has 166 valence electrons. The molecule has 1 heterocycles. The summed E-state index contributed by atoms with van der Waals surface area (Å²) in [5.74, 6) is 3.89. The van der Waals surface area contributed by atoms with E-state index >= 15 is 0 Å². The first-order chi connectivity index (χ1) is 15.7. The SMILES string of the molecule is COc1ccc(Oc2ccc(N=Cc3cc(OC)c(N4CCCC4)cc3OC)cc2)cc1. The molecule has 0 radical (unpaired) electrons. The second-order valence-electron chi connectivity index (χ2n) is 7.49. The zero-order valence-electron chi connectivity index (χ0n) is 18.7. The molecule has 0 unspecified atom stereocenters. The van der Waals surface area contributed by atoms with Gasteiger partial charge in [0.1, 0.15) is 28.7 Å². The largest absolute Gasteiger partial charge is 0.497 e. The van der Waals surface area contributed by atoms with E-state index in [-0.39, 0.29) is 0 Å². The summed E-state index contributed by atoms with van der Waals surface area (Å²) in [6.07, 6.45) is 4.20. The zero-order valence-corrected chi connectivity index (χ0v) is 18.7. The Morgan fingerprint density at radius 2 is 1.31 bits per heavy atom. The van der Waals surface area contributed by atoms with E-state index in [2.05, 4.69) is 9.89 Å². The fourth-order valence-electron chi connectivity index (χ4n) is 3.74. The predicted octanol–water partition coefficient (Wildman–Crippen LogP) is 5.86. The van der Waals surface area contributed by atoms with E-state index in [0.717, 1.165) is 58.8 Å². The van der Waals surface area contributed by atoms with Crippen LogP contribution >= 0.6 is 0 Å². The summed E-state index contributed by atoms with van der Waals surface area (Å²) in [5, 5.41) is 0. The maximum atomic E-state index is 5.88. The van der Waals surface area contributed by atoms with Crippen molar-refractivity contribution in [2.75, 3.05) is 39.3 Å². The molecular weight excluding hydrogens is 404 g/mol. The van der Waals surface area contributed by atoms with E-state index in [1.165, 1.54) is 12.8 Å². The van der Waals surface area contributed by atoms with E-state index in [1.54, 1.807) is 27.5 Å². The lowest BCUT2D eigenvalue weighted by Crippen LogP contribution is -2.18. The lowest BCUT2D eigenvalue weighted by Gasteiger charge is -2.22. The quantitative estimate of drug-likeness (QED) is 0.418. The van der Waals surface area contributed by atoms with Gasteiger partial charge in [-0.25, -0.2) is 0 Å². The average molecular weight is 433 g/mol. The van der Waals surface area contributed by atoms with Crippen molar-refractivity contribution in [2.45, 2.75) is 12.8 Å². The fourth-order valence-corrected chi connectivity index (χ4v) is 3.74. The monoisotopic (exact) mass is 432 g/mol. The van der Waals surface area contributed by atoms with E-state index in [4.69, 9.17) is 18.9 Å². The molecule has 1 saturated heterocycles. The van der Waals surface area contributed by atoms with Gasteiger partial charge in [-0.1, -0.05) is 0 Å².